The number of methoxy groups -OCH3 is 1. The van der Waals surface area contributed by atoms with Crippen molar-refractivity contribution in [1.29, 1.82) is 0 Å². The fourth-order valence-electron chi connectivity index (χ4n) is 3.93. The summed E-state index contributed by atoms with van der Waals surface area (Å²) in [4.78, 5) is 19.1. The highest BCUT2D eigenvalue weighted by Gasteiger charge is 2.30. The number of urea groups is 1. The first-order valence-corrected chi connectivity index (χ1v) is 10.5. The number of nitrogens with one attached hydrogen (secondary N) is 1. The first-order valence-electron chi connectivity index (χ1n) is 10.5. The molecule has 0 aliphatic carbocycles. The third kappa shape index (κ3) is 4.97. The number of benzene rings is 2. The molecule has 6 heteroatoms. The number of nitrogens with zero attached hydrogens (tertiary/aromatic N) is 2. The van der Waals surface area contributed by atoms with E-state index in [1.165, 1.54) is 11.1 Å². The average molecular weight is 418 g/mol. The second-order valence-electron chi connectivity index (χ2n) is 7.65. The molecule has 31 heavy (non-hydrogen) atoms. The zero-order chi connectivity index (χ0) is 21.6. The van der Waals surface area contributed by atoms with Crippen molar-refractivity contribution in [3.05, 3.63) is 83.6 Å². The second kappa shape index (κ2) is 9.51. The van der Waals surface area contributed by atoms with E-state index in [0.29, 0.717) is 18.2 Å². The number of ether oxygens (including phenoxy) is 2. The molecule has 1 unspecified atom stereocenters. The van der Waals surface area contributed by atoms with E-state index in [4.69, 9.17) is 9.47 Å². The Morgan fingerprint density at radius 2 is 1.97 bits per heavy atom. The van der Waals surface area contributed by atoms with Crippen molar-refractivity contribution in [3.8, 4) is 17.4 Å². The number of carbonyl (C=O) groups excluding carboxylic acids is 1. The van der Waals surface area contributed by atoms with Gasteiger partial charge in [-0.25, -0.2) is 9.78 Å². The SMILES string of the molecule is COc1cccc(Oc2ccc(CNC(=O)N3CCCC3c3ccccc3C)cn2)c1. The topological polar surface area (TPSA) is 63.7 Å². The summed E-state index contributed by atoms with van der Waals surface area (Å²) in [7, 11) is 1.62. The Hall–Kier alpha value is -3.54. The summed E-state index contributed by atoms with van der Waals surface area (Å²) < 4.78 is 11.0. The minimum absolute atomic E-state index is 0.0394. The highest BCUT2D eigenvalue weighted by molar-refractivity contribution is 5.75. The van der Waals surface area contributed by atoms with Gasteiger partial charge in [-0.15, -0.1) is 0 Å². The van der Waals surface area contributed by atoms with Crippen LogP contribution in [0.2, 0.25) is 0 Å². The lowest BCUT2D eigenvalue weighted by molar-refractivity contribution is 0.192. The molecule has 2 amide bonds. The van der Waals surface area contributed by atoms with E-state index in [2.05, 4.69) is 29.4 Å². The summed E-state index contributed by atoms with van der Waals surface area (Å²) in [5.41, 5.74) is 3.37. The third-order valence-electron chi connectivity index (χ3n) is 5.57. The lowest BCUT2D eigenvalue weighted by atomic mass is 9.99. The molecule has 0 saturated carbocycles. The van der Waals surface area contributed by atoms with Crippen LogP contribution in [0.25, 0.3) is 0 Å². The number of carbonyl (C=O) groups is 1. The maximum Gasteiger partial charge on any atom is 0.318 e. The molecular weight excluding hydrogens is 390 g/mol. The van der Waals surface area contributed by atoms with Crippen molar-refractivity contribution < 1.29 is 14.3 Å². The monoisotopic (exact) mass is 417 g/mol. The van der Waals surface area contributed by atoms with Crippen LogP contribution in [0.3, 0.4) is 0 Å². The van der Waals surface area contributed by atoms with Crippen molar-refractivity contribution in [3.63, 3.8) is 0 Å². The molecule has 1 aliphatic rings. The normalized spacial score (nSPS) is 15.5. The number of aromatic nitrogens is 1. The Bertz CT molecular complexity index is 1040. The summed E-state index contributed by atoms with van der Waals surface area (Å²) in [5.74, 6) is 1.87. The van der Waals surface area contributed by atoms with E-state index in [0.717, 1.165) is 30.7 Å². The van der Waals surface area contributed by atoms with Crippen LogP contribution in [-0.4, -0.2) is 29.6 Å². The summed E-state index contributed by atoms with van der Waals surface area (Å²) in [6, 6.07) is 19.5. The zero-order valence-electron chi connectivity index (χ0n) is 17.9. The Balaban J connectivity index is 1.34. The predicted octanol–water partition coefficient (Wildman–Crippen LogP) is 5.24. The van der Waals surface area contributed by atoms with E-state index >= 15 is 0 Å². The molecule has 4 rings (SSSR count). The average Bonchev–Trinajstić information content (AvgIpc) is 3.29. The standard InChI is InChI=1S/C25H27N3O3/c1-18-7-3-4-10-22(18)23-11-6-14-28(23)25(29)27-17-19-12-13-24(26-16-19)31-21-9-5-8-20(15-21)30-2/h3-5,7-10,12-13,15-16,23H,6,11,14,17H2,1-2H3,(H,27,29). The lowest BCUT2D eigenvalue weighted by Crippen LogP contribution is -2.39. The zero-order valence-corrected chi connectivity index (χ0v) is 17.9. The van der Waals surface area contributed by atoms with Crippen LogP contribution >= 0.6 is 0 Å². The highest BCUT2D eigenvalue weighted by atomic mass is 16.5. The van der Waals surface area contributed by atoms with Gasteiger partial charge in [0.15, 0.2) is 0 Å². The van der Waals surface area contributed by atoms with Crippen LogP contribution in [0.5, 0.6) is 17.4 Å². The first kappa shape index (κ1) is 20.7. The Morgan fingerprint density at radius 1 is 1.13 bits per heavy atom. The molecule has 1 fully saturated rings. The quantitative estimate of drug-likeness (QED) is 0.596. The maximum atomic E-state index is 12.8. The van der Waals surface area contributed by atoms with Gasteiger partial charge in [-0.1, -0.05) is 36.4 Å². The maximum absolute atomic E-state index is 12.8. The molecule has 1 aromatic heterocycles. The Morgan fingerprint density at radius 3 is 2.74 bits per heavy atom. The van der Waals surface area contributed by atoms with Gasteiger partial charge in [0, 0.05) is 31.4 Å². The molecule has 1 N–H and O–H groups in total. The number of amides is 2. The van der Waals surface area contributed by atoms with Gasteiger partial charge in [0.2, 0.25) is 5.88 Å². The van der Waals surface area contributed by atoms with Crippen molar-refractivity contribution in [2.75, 3.05) is 13.7 Å². The van der Waals surface area contributed by atoms with Crippen molar-refractivity contribution >= 4 is 6.03 Å². The van der Waals surface area contributed by atoms with Gasteiger partial charge in [-0.2, -0.15) is 0 Å². The fourth-order valence-corrected chi connectivity index (χ4v) is 3.93. The Kier molecular flexibility index (Phi) is 6.36. The predicted molar refractivity (Wildman–Crippen MR) is 119 cm³/mol. The van der Waals surface area contributed by atoms with Gasteiger partial charge in [0.25, 0.3) is 0 Å². The summed E-state index contributed by atoms with van der Waals surface area (Å²) >= 11 is 0. The molecule has 6 nitrogen and oxygen atoms in total. The van der Waals surface area contributed by atoms with Gasteiger partial charge in [0.1, 0.15) is 11.5 Å². The van der Waals surface area contributed by atoms with E-state index in [9.17, 15) is 4.79 Å². The first-order chi connectivity index (χ1) is 15.1. The summed E-state index contributed by atoms with van der Waals surface area (Å²) in [5, 5.41) is 3.03. The number of aryl methyl sites for hydroxylation is 1. The molecule has 3 aromatic rings. The number of pyridine rings is 1. The minimum Gasteiger partial charge on any atom is -0.497 e. The highest BCUT2D eigenvalue weighted by Crippen LogP contribution is 2.33. The van der Waals surface area contributed by atoms with Gasteiger partial charge in [0.05, 0.1) is 13.2 Å². The molecule has 2 heterocycles. The molecule has 0 bridgehead atoms. The van der Waals surface area contributed by atoms with E-state index in [-0.39, 0.29) is 12.1 Å². The fraction of sp³-hybridized carbons (Fsp3) is 0.280. The summed E-state index contributed by atoms with van der Waals surface area (Å²) in [6.45, 7) is 3.29. The van der Waals surface area contributed by atoms with E-state index < -0.39 is 0 Å². The van der Waals surface area contributed by atoms with Crippen molar-refractivity contribution in [2.45, 2.75) is 32.4 Å². The smallest absolute Gasteiger partial charge is 0.318 e. The summed E-state index contributed by atoms with van der Waals surface area (Å²) in [6.07, 6.45) is 3.74. The molecule has 0 spiro atoms. The lowest BCUT2D eigenvalue weighted by Gasteiger charge is -2.26. The number of rotatable bonds is 6. The number of likely N-dealkylation sites (tertiary alicyclic amines) is 1. The van der Waals surface area contributed by atoms with Crippen LogP contribution in [0.15, 0.2) is 66.9 Å². The van der Waals surface area contributed by atoms with Crippen LogP contribution in [0.1, 0.15) is 35.6 Å². The van der Waals surface area contributed by atoms with Gasteiger partial charge >= 0.3 is 6.03 Å². The minimum atomic E-state index is -0.0394. The molecule has 1 atom stereocenters. The molecule has 1 aliphatic heterocycles. The number of hydrogen-bond donors (Lipinski definition) is 1. The molecule has 160 valence electrons. The van der Waals surface area contributed by atoms with Crippen LogP contribution in [0.4, 0.5) is 4.79 Å². The molecular formula is C25H27N3O3. The molecule has 1 saturated heterocycles. The molecule has 2 aromatic carbocycles. The van der Waals surface area contributed by atoms with E-state index in [1.807, 2.05) is 41.3 Å². The second-order valence-corrected chi connectivity index (χ2v) is 7.65. The van der Waals surface area contributed by atoms with Gasteiger partial charge in [-0.3, -0.25) is 0 Å². The van der Waals surface area contributed by atoms with Crippen LogP contribution in [0, 0.1) is 6.92 Å². The van der Waals surface area contributed by atoms with Gasteiger partial charge in [-0.05, 0) is 48.6 Å². The van der Waals surface area contributed by atoms with Gasteiger partial charge < -0.3 is 19.7 Å². The largest absolute Gasteiger partial charge is 0.497 e. The molecule has 0 radical (unpaired) electrons. The number of hydrogen-bond acceptors (Lipinski definition) is 4. The van der Waals surface area contributed by atoms with Crippen LogP contribution < -0.4 is 14.8 Å². The van der Waals surface area contributed by atoms with E-state index in [1.54, 1.807) is 25.4 Å². The third-order valence-corrected chi connectivity index (χ3v) is 5.57. The van der Waals surface area contributed by atoms with Crippen molar-refractivity contribution in [2.24, 2.45) is 0 Å². The van der Waals surface area contributed by atoms with Crippen LogP contribution in [-0.2, 0) is 6.54 Å². The van der Waals surface area contributed by atoms with Crippen molar-refractivity contribution in [1.82, 2.24) is 15.2 Å². The Labute approximate surface area is 182 Å².